The van der Waals surface area contributed by atoms with Crippen molar-refractivity contribution in [2.75, 3.05) is 6.54 Å². The van der Waals surface area contributed by atoms with Gasteiger partial charge in [-0.15, -0.1) is 0 Å². The van der Waals surface area contributed by atoms with Gasteiger partial charge < -0.3 is 4.98 Å². The van der Waals surface area contributed by atoms with E-state index in [1.165, 1.54) is 5.56 Å². The van der Waals surface area contributed by atoms with Crippen LogP contribution in [0.5, 0.6) is 0 Å². The Labute approximate surface area is 137 Å². The van der Waals surface area contributed by atoms with Crippen molar-refractivity contribution in [1.82, 2.24) is 19.9 Å². The fourth-order valence-electron chi connectivity index (χ4n) is 2.91. The molecule has 1 aliphatic rings. The molecule has 6 heteroatoms. The van der Waals surface area contributed by atoms with Crippen LogP contribution in [0, 0.1) is 0 Å². The highest BCUT2D eigenvalue weighted by atomic mass is 32.1. The number of H-pyrrole nitrogens is 1. The van der Waals surface area contributed by atoms with Gasteiger partial charge in [-0.25, -0.2) is 4.98 Å². The van der Waals surface area contributed by atoms with Gasteiger partial charge in [-0.05, 0) is 40.9 Å². The lowest BCUT2D eigenvalue weighted by Gasteiger charge is -2.27. The Bertz CT molecular complexity index is 858. The third-order valence-electron chi connectivity index (χ3n) is 4.07. The second-order valence-electron chi connectivity index (χ2n) is 5.67. The molecular formula is C17H16N4OS. The number of pyridine rings is 1. The van der Waals surface area contributed by atoms with E-state index in [-0.39, 0.29) is 5.56 Å². The number of rotatable bonds is 3. The van der Waals surface area contributed by atoms with Crippen LogP contribution in [0.1, 0.15) is 16.8 Å². The first-order valence-corrected chi connectivity index (χ1v) is 8.50. The first kappa shape index (κ1) is 14.3. The molecule has 0 unspecified atom stereocenters. The average Bonchev–Trinajstić information content (AvgIpc) is 3.08. The molecule has 3 aromatic heterocycles. The van der Waals surface area contributed by atoms with Crippen LogP contribution < -0.4 is 5.56 Å². The summed E-state index contributed by atoms with van der Waals surface area (Å²) >= 11 is 1.71. The zero-order chi connectivity index (χ0) is 15.6. The summed E-state index contributed by atoms with van der Waals surface area (Å²) in [5.41, 5.74) is 3.83. The Morgan fingerprint density at radius 3 is 3.09 bits per heavy atom. The Kier molecular flexibility index (Phi) is 3.77. The van der Waals surface area contributed by atoms with Crippen LogP contribution in [0.3, 0.4) is 0 Å². The molecule has 0 atom stereocenters. The zero-order valence-corrected chi connectivity index (χ0v) is 13.3. The summed E-state index contributed by atoms with van der Waals surface area (Å²) in [6.45, 7) is 2.50. The lowest BCUT2D eigenvalue weighted by molar-refractivity contribution is 0.241. The number of hydrogen-bond acceptors (Lipinski definition) is 5. The summed E-state index contributed by atoms with van der Waals surface area (Å²) in [5.74, 6) is 0.597. The van der Waals surface area contributed by atoms with E-state index in [1.54, 1.807) is 23.7 Å². The molecule has 0 saturated heterocycles. The Hall–Kier alpha value is -2.31. The average molecular weight is 324 g/mol. The molecule has 4 rings (SSSR count). The first-order chi connectivity index (χ1) is 11.3. The number of nitrogens with zero attached hydrogens (tertiary/aromatic N) is 3. The third kappa shape index (κ3) is 2.95. The number of fused-ring (bicyclic) bond motifs is 1. The van der Waals surface area contributed by atoms with E-state index in [9.17, 15) is 4.79 Å². The van der Waals surface area contributed by atoms with Crippen LogP contribution in [0.25, 0.3) is 11.4 Å². The molecule has 0 aromatic carbocycles. The quantitative estimate of drug-likeness (QED) is 0.804. The van der Waals surface area contributed by atoms with Crippen molar-refractivity contribution < 1.29 is 0 Å². The van der Waals surface area contributed by atoms with Gasteiger partial charge in [0.05, 0.1) is 5.69 Å². The highest BCUT2D eigenvalue weighted by molar-refractivity contribution is 7.07. The van der Waals surface area contributed by atoms with Crippen molar-refractivity contribution in [3.05, 3.63) is 68.5 Å². The van der Waals surface area contributed by atoms with Crippen molar-refractivity contribution in [2.45, 2.75) is 19.5 Å². The summed E-state index contributed by atoms with van der Waals surface area (Å²) in [7, 11) is 0. The molecule has 0 amide bonds. The molecule has 0 spiro atoms. The maximum absolute atomic E-state index is 12.3. The molecular weight excluding hydrogens is 308 g/mol. The Morgan fingerprint density at radius 1 is 1.35 bits per heavy atom. The van der Waals surface area contributed by atoms with E-state index < -0.39 is 0 Å². The van der Waals surface area contributed by atoms with Gasteiger partial charge in [-0.3, -0.25) is 14.7 Å². The van der Waals surface area contributed by atoms with Gasteiger partial charge in [-0.2, -0.15) is 11.3 Å². The number of aromatic nitrogens is 3. The molecule has 0 saturated carbocycles. The Morgan fingerprint density at radius 2 is 2.30 bits per heavy atom. The molecule has 0 aliphatic carbocycles. The summed E-state index contributed by atoms with van der Waals surface area (Å²) in [4.78, 5) is 26.4. The zero-order valence-electron chi connectivity index (χ0n) is 12.5. The van der Waals surface area contributed by atoms with Gasteiger partial charge in [0.25, 0.3) is 5.56 Å². The van der Waals surface area contributed by atoms with Crippen molar-refractivity contribution in [3.63, 3.8) is 0 Å². The maximum atomic E-state index is 12.3. The number of aromatic amines is 1. The normalized spacial score (nSPS) is 14.6. The first-order valence-electron chi connectivity index (χ1n) is 7.55. The highest BCUT2D eigenvalue weighted by Gasteiger charge is 2.21. The fraction of sp³-hybridized carbons (Fsp3) is 0.235. The van der Waals surface area contributed by atoms with Gasteiger partial charge in [0.2, 0.25) is 0 Å². The van der Waals surface area contributed by atoms with Gasteiger partial charge >= 0.3 is 0 Å². The summed E-state index contributed by atoms with van der Waals surface area (Å²) in [5, 5.41) is 4.26. The number of thiophene rings is 1. The van der Waals surface area contributed by atoms with Crippen molar-refractivity contribution in [2.24, 2.45) is 0 Å². The van der Waals surface area contributed by atoms with E-state index >= 15 is 0 Å². The summed E-state index contributed by atoms with van der Waals surface area (Å²) in [6.07, 6.45) is 4.17. The molecule has 1 aliphatic heterocycles. The molecule has 23 heavy (non-hydrogen) atoms. The standard InChI is InChI=1S/C17H16N4OS/c22-17-14-3-6-21(9-12-4-7-23-11-12)10-15(14)19-16(20-17)13-2-1-5-18-8-13/h1-2,4-5,7-8,11H,3,6,9-10H2,(H,19,20,22). The number of nitrogens with one attached hydrogen (secondary N) is 1. The summed E-state index contributed by atoms with van der Waals surface area (Å²) < 4.78 is 0. The van der Waals surface area contributed by atoms with Crippen LogP contribution in [0.4, 0.5) is 0 Å². The lowest BCUT2D eigenvalue weighted by atomic mass is 10.1. The van der Waals surface area contributed by atoms with Gasteiger partial charge in [0.1, 0.15) is 5.82 Å². The minimum atomic E-state index is -0.0240. The topological polar surface area (TPSA) is 61.9 Å². The highest BCUT2D eigenvalue weighted by Crippen LogP contribution is 2.20. The van der Waals surface area contributed by atoms with Gasteiger partial charge in [-0.1, -0.05) is 0 Å². The van der Waals surface area contributed by atoms with Crippen LogP contribution in [0.2, 0.25) is 0 Å². The summed E-state index contributed by atoms with van der Waals surface area (Å²) in [6, 6.07) is 5.90. The smallest absolute Gasteiger partial charge is 0.254 e. The van der Waals surface area contributed by atoms with Crippen molar-refractivity contribution >= 4 is 11.3 Å². The van der Waals surface area contributed by atoms with Crippen molar-refractivity contribution in [3.8, 4) is 11.4 Å². The molecule has 0 radical (unpaired) electrons. The largest absolute Gasteiger partial charge is 0.306 e. The minimum Gasteiger partial charge on any atom is -0.306 e. The molecule has 5 nitrogen and oxygen atoms in total. The molecule has 0 bridgehead atoms. The lowest BCUT2D eigenvalue weighted by Crippen LogP contribution is -2.35. The van der Waals surface area contributed by atoms with Crippen LogP contribution in [-0.2, 0) is 19.5 Å². The third-order valence-corrected chi connectivity index (χ3v) is 4.81. The fourth-order valence-corrected chi connectivity index (χ4v) is 3.57. The van der Waals surface area contributed by atoms with E-state index in [2.05, 4.69) is 36.7 Å². The van der Waals surface area contributed by atoms with Gasteiger partial charge in [0, 0.05) is 43.2 Å². The molecule has 1 N–H and O–H groups in total. The predicted molar refractivity (Wildman–Crippen MR) is 90.2 cm³/mol. The Balaban J connectivity index is 1.64. The second-order valence-corrected chi connectivity index (χ2v) is 6.45. The molecule has 4 heterocycles. The monoisotopic (exact) mass is 324 g/mol. The second kappa shape index (κ2) is 6.06. The van der Waals surface area contributed by atoms with E-state index in [0.29, 0.717) is 12.4 Å². The predicted octanol–water partition coefficient (Wildman–Crippen LogP) is 2.45. The molecule has 3 aromatic rings. The van der Waals surface area contributed by atoms with E-state index in [1.807, 2.05) is 12.1 Å². The minimum absolute atomic E-state index is 0.0240. The van der Waals surface area contributed by atoms with Crippen LogP contribution in [-0.4, -0.2) is 26.4 Å². The van der Waals surface area contributed by atoms with Crippen molar-refractivity contribution in [1.29, 1.82) is 0 Å². The molecule has 116 valence electrons. The van der Waals surface area contributed by atoms with Gasteiger partial charge in [0.15, 0.2) is 0 Å². The van der Waals surface area contributed by atoms with Crippen LogP contribution in [0.15, 0.2) is 46.1 Å². The maximum Gasteiger partial charge on any atom is 0.254 e. The van der Waals surface area contributed by atoms with Crippen LogP contribution >= 0.6 is 11.3 Å². The van der Waals surface area contributed by atoms with E-state index in [0.717, 1.165) is 36.3 Å². The molecule has 0 fully saturated rings. The SMILES string of the molecule is O=c1[nH]c(-c2cccnc2)nc2c1CCN(Cc1ccsc1)C2. The number of hydrogen-bond donors (Lipinski definition) is 1. The van der Waals surface area contributed by atoms with E-state index in [4.69, 9.17) is 0 Å².